The first-order valence-electron chi connectivity index (χ1n) is 4.73. The van der Waals surface area contributed by atoms with Crippen LogP contribution in [0.3, 0.4) is 0 Å². The van der Waals surface area contributed by atoms with Gasteiger partial charge in [0.2, 0.25) is 0 Å². The Morgan fingerprint density at radius 3 is 3.00 bits per heavy atom. The highest BCUT2D eigenvalue weighted by Gasteiger charge is 2.25. The van der Waals surface area contributed by atoms with Crippen molar-refractivity contribution in [2.45, 2.75) is 26.2 Å². The molecule has 4 heteroatoms. The lowest BCUT2D eigenvalue weighted by Gasteiger charge is -2.17. The third-order valence-corrected chi connectivity index (χ3v) is 3.84. The van der Waals surface area contributed by atoms with Crippen LogP contribution in [0.1, 0.15) is 34.1 Å². The topological polar surface area (TPSA) is 63.3 Å². The number of carbonyl (C=O) groups is 1. The summed E-state index contributed by atoms with van der Waals surface area (Å²) in [5, 5.41) is 9.47. The second-order valence-electron chi connectivity index (χ2n) is 3.90. The van der Waals surface area contributed by atoms with E-state index in [-0.39, 0.29) is 0 Å². The smallest absolute Gasteiger partial charge is 0.338 e. The number of fused-ring (bicyclic) bond motifs is 1. The Bertz CT molecular complexity index is 384. The molecule has 3 N–H and O–H groups in total. The summed E-state index contributed by atoms with van der Waals surface area (Å²) >= 11 is 1.45. The summed E-state index contributed by atoms with van der Waals surface area (Å²) in [5.74, 6) is -0.225. The van der Waals surface area contributed by atoms with E-state index in [4.69, 9.17) is 10.8 Å². The molecule has 1 atom stereocenters. The number of nitrogen functional groups attached to an aromatic ring is 1. The Balaban J connectivity index is 2.49. The van der Waals surface area contributed by atoms with Crippen LogP contribution in [0.2, 0.25) is 0 Å². The van der Waals surface area contributed by atoms with Gasteiger partial charge in [-0.3, -0.25) is 0 Å². The summed E-state index contributed by atoms with van der Waals surface area (Å²) in [7, 11) is 0. The summed E-state index contributed by atoms with van der Waals surface area (Å²) in [5.41, 5.74) is 7.05. The molecule has 3 nitrogen and oxygen atoms in total. The van der Waals surface area contributed by atoms with Crippen molar-refractivity contribution in [2.75, 3.05) is 5.73 Å². The number of carboxylic acid groups (broad SMARTS) is 1. The minimum absolute atomic E-state index is 0.358. The summed E-state index contributed by atoms with van der Waals surface area (Å²) in [6, 6.07) is 0. The van der Waals surface area contributed by atoms with Crippen molar-refractivity contribution in [2.24, 2.45) is 5.92 Å². The zero-order valence-electron chi connectivity index (χ0n) is 8.04. The molecule has 0 unspecified atom stereocenters. The predicted octanol–water partition coefficient (Wildman–Crippen LogP) is 2.15. The van der Waals surface area contributed by atoms with Crippen LogP contribution in [-0.4, -0.2) is 11.1 Å². The van der Waals surface area contributed by atoms with E-state index in [1.54, 1.807) is 0 Å². The Morgan fingerprint density at radius 1 is 1.64 bits per heavy atom. The number of thiophene rings is 1. The number of rotatable bonds is 1. The van der Waals surface area contributed by atoms with Gasteiger partial charge in [-0.2, -0.15) is 0 Å². The number of hydrogen-bond acceptors (Lipinski definition) is 3. The largest absolute Gasteiger partial charge is 0.478 e. The van der Waals surface area contributed by atoms with E-state index in [1.807, 2.05) is 0 Å². The highest BCUT2D eigenvalue weighted by atomic mass is 32.1. The summed E-state index contributed by atoms with van der Waals surface area (Å²) in [6.45, 7) is 2.19. The van der Waals surface area contributed by atoms with Gasteiger partial charge in [-0.1, -0.05) is 6.92 Å². The fourth-order valence-electron chi connectivity index (χ4n) is 2.01. The summed E-state index contributed by atoms with van der Waals surface area (Å²) < 4.78 is 0. The van der Waals surface area contributed by atoms with Gasteiger partial charge in [-0.05, 0) is 30.7 Å². The van der Waals surface area contributed by atoms with Crippen LogP contribution in [0.5, 0.6) is 0 Å². The average molecular weight is 211 g/mol. The number of carboxylic acids is 1. The van der Waals surface area contributed by atoms with Crippen LogP contribution in [0, 0.1) is 5.92 Å². The van der Waals surface area contributed by atoms with Crippen molar-refractivity contribution in [1.29, 1.82) is 0 Å². The second-order valence-corrected chi connectivity index (χ2v) is 5.03. The van der Waals surface area contributed by atoms with E-state index in [0.29, 0.717) is 16.5 Å². The van der Waals surface area contributed by atoms with Gasteiger partial charge in [-0.25, -0.2) is 4.79 Å². The molecule has 2 rings (SSSR count). The number of hydrogen-bond donors (Lipinski definition) is 2. The highest BCUT2D eigenvalue weighted by molar-refractivity contribution is 7.16. The Labute approximate surface area is 86.6 Å². The molecule has 0 spiro atoms. The van der Waals surface area contributed by atoms with E-state index in [1.165, 1.54) is 16.2 Å². The first-order chi connectivity index (χ1) is 6.59. The molecule has 1 aromatic rings. The second kappa shape index (κ2) is 3.28. The van der Waals surface area contributed by atoms with Gasteiger partial charge in [0.15, 0.2) is 0 Å². The molecule has 1 aliphatic carbocycles. The van der Waals surface area contributed by atoms with Crippen molar-refractivity contribution in [1.82, 2.24) is 0 Å². The van der Waals surface area contributed by atoms with Crippen LogP contribution >= 0.6 is 11.3 Å². The fraction of sp³-hybridized carbons (Fsp3) is 0.500. The summed E-state index contributed by atoms with van der Waals surface area (Å²) in [4.78, 5) is 12.1. The molecular formula is C10H13NO2S. The lowest BCUT2D eigenvalue weighted by Crippen LogP contribution is -2.12. The van der Waals surface area contributed by atoms with Crippen molar-refractivity contribution in [3.63, 3.8) is 0 Å². The van der Waals surface area contributed by atoms with Gasteiger partial charge in [-0.15, -0.1) is 11.3 Å². The highest BCUT2D eigenvalue weighted by Crippen LogP contribution is 2.37. The minimum atomic E-state index is -0.880. The molecule has 14 heavy (non-hydrogen) atoms. The molecule has 1 heterocycles. The van der Waals surface area contributed by atoms with Crippen molar-refractivity contribution in [3.05, 3.63) is 16.0 Å². The molecule has 0 fully saturated rings. The summed E-state index contributed by atoms with van der Waals surface area (Å²) in [6.07, 6.45) is 2.92. The van der Waals surface area contributed by atoms with E-state index < -0.39 is 5.97 Å². The first kappa shape index (κ1) is 9.52. The van der Waals surface area contributed by atoms with Gasteiger partial charge in [0.1, 0.15) is 5.00 Å². The third kappa shape index (κ3) is 1.39. The van der Waals surface area contributed by atoms with Crippen LogP contribution in [0.15, 0.2) is 0 Å². The third-order valence-electron chi connectivity index (χ3n) is 2.75. The number of nitrogens with two attached hydrogens (primary N) is 1. The van der Waals surface area contributed by atoms with E-state index in [2.05, 4.69) is 6.92 Å². The molecule has 0 bridgehead atoms. The van der Waals surface area contributed by atoms with Crippen molar-refractivity contribution >= 4 is 22.3 Å². The Hall–Kier alpha value is -1.03. The lowest BCUT2D eigenvalue weighted by molar-refractivity contribution is 0.0697. The molecule has 1 aromatic heterocycles. The zero-order valence-corrected chi connectivity index (χ0v) is 8.86. The Morgan fingerprint density at radius 2 is 2.36 bits per heavy atom. The fourth-order valence-corrected chi connectivity index (χ4v) is 3.28. The van der Waals surface area contributed by atoms with Gasteiger partial charge in [0.25, 0.3) is 0 Å². The quantitative estimate of drug-likeness (QED) is 0.748. The van der Waals surface area contributed by atoms with Gasteiger partial charge in [0.05, 0.1) is 5.56 Å². The lowest BCUT2D eigenvalue weighted by atomic mass is 9.88. The number of anilines is 1. The maximum Gasteiger partial charge on any atom is 0.338 e. The maximum atomic E-state index is 11.0. The van der Waals surface area contributed by atoms with Crippen molar-refractivity contribution < 1.29 is 9.90 Å². The maximum absolute atomic E-state index is 11.0. The molecular weight excluding hydrogens is 198 g/mol. The van der Waals surface area contributed by atoms with Gasteiger partial charge < -0.3 is 10.8 Å². The molecule has 1 aliphatic rings. The molecule has 0 saturated heterocycles. The van der Waals surface area contributed by atoms with Crippen LogP contribution in [-0.2, 0) is 12.8 Å². The van der Waals surface area contributed by atoms with Gasteiger partial charge >= 0.3 is 5.97 Å². The normalized spacial score (nSPS) is 20.5. The zero-order chi connectivity index (χ0) is 10.3. The molecule has 0 aliphatic heterocycles. The van der Waals surface area contributed by atoms with E-state index in [0.717, 1.165) is 24.8 Å². The standard InChI is InChI=1S/C10H13NO2S/c1-5-2-3-6-7(4-5)14-9(11)8(6)10(12)13/h5H,2-4,11H2,1H3,(H,12,13)/t5-/m0/s1. The number of aromatic carboxylic acids is 1. The molecule has 0 amide bonds. The van der Waals surface area contributed by atoms with E-state index >= 15 is 0 Å². The van der Waals surface area contributed by atoms with Crippen LogP contribution in [0.4, 0.5) is 5.00 Å². The molecule has 0 radical (unpaired) electrons. The monoisotopic (exact) mass is 211 g/mol. The Kier molecular flexibility index (Phi) is 2.23. The SMILES string of the molecule is C[C@H]1CCc2c(sc(N)c2C(=O)O)C1. The molecule has 0 saturated carbocycles. The minimum Gasteiger partial charge on any atom is -0.478 e. The van der Waals surface area contributed by atoms with E-state index in [9.17, 15) is 4.79 Å². The van der Waals surface area contributed by atoms with Crippen molar-refractivity contribution in [3.8, 4) is 0 Å². The average Bonchev–Trinajstić information content (AvgIpc) is 2.39. The van der Waals surface area contributed by atoms with Crippen LogP contribution in [0.25, 0.3) is 0 Å². The first-order valence-corrected chi connectivity index (χ1v) is 5.54. The predicted molar refractivity (Wildman–Crippen MR) is 56.9 cm³/mol. The van der Waals surface area contributed by atoms with Gasteiger partial charge in [0, 0.05) is 4.88 Å². The molecule has 76 valence electrons. The van der Waals surface area contributed by atoms with Crippen LogP contribution < -0.4 is 5.73 Å². The molecule has 0 aromatic carbocycles.